The van der Waals surface area contributed by atoms with Crippen molar-refractivity contribution in [1.29, 1.82) is 0 Å². The van der Waals surface area contributed by atoms with Crippen LogP contribution in [-0.4, -0.2) is 54.7 Å². The zero-order chi connectivity index (χ0) is 29.8. The van der Waals surface area contributed by atoms with E-state index in [-0.39, 0.29) is 22.5 Å². The zero-order valence-electron chi connectivity index (χ0n) is 28.0. The lowest BCUT2D eigenvalue weighted by molar-refractivity contribution is -0.219. The first-order chi connectivity index (χ1) is 19.1. The summed E-state index contributed by atoms with van der Waals surface area (Å²) in [6, 6.07) is 0. The van der Waals surface area contributed by atoms with Crippen molar-refractivity contribution in [2.24, 2.45) is 56.7 Å². The lowest BCUT2D eigenvalue weighted by Crippen LogP contribution is -2.65. The molecule has 5 fully saturated rings. The van der Waals surface area contributed by atoms with Crippen molar-refractivity contribution in [2.45, 2.75) is 120 Å². The number of amides is 1. The number of Topliss-reactive ketones (excluding diaryl/α,β-unsaturated/α-hetero) is 1. The summed E-state index contributed by atoms with van der Waals surface area (Å²) in [6.07, 6.45) is 11.8. The number of hydrogen-bond donors (Lipinski definition) is 0. The molecular formula is C37H60N2O2. The number of fused-ring (bicyclic) bond motifs is 7. The molecule has 0 aromatic rings. The average Bonchev–Trinajstić information content (AvgIpc) is 3.32. The van der Waals surface area contributed by atoms with Gasteiger partial charge in [0.1, 0.15) is 0 Å². The van der Waals surface area contributed by atoms with Crippen molar-refractivity contribution < 1.29 is 9.59 Å². The second kappa shape index (κ2) is 9.67. The Balaban J connectivity index is 1.37. The van der Waals surface area contributed by atoms with Gasteiger partial charge in [-0.1, -0.05) is 66.5 Å². The standard InChI is InChI=1S/C37H60N2O2/c1-24(2)26-13-17-37(31(40)32(41)39-22-20-38(9)21-23-39)19-18-35(7)27(30(26)37)10-11-29-34(6)15-12-25(3)33(4,5)28(34)14-16-36(29,35)8/h24-25,27-29H,10-23H2,1-9H3/t25-,27+,28-,29+,34-,35+,36+,37-/m0/s1. The summed E-state index contributed by atoms with van der Waals surface area (Å²) < 4.78 is 0. The van der Waals surface area contributed by atoms with E-state index in [9.17, 15) is 9.59 Å². The van der Waals surface area contributed by atoms with Crippen LogP contribution in [0.1, 0.15) is 120 Å². The predicted octanol–water partition coefficient (Wildman–Crippen LogP) is 7.77. The van der Waals surface area contributed by atoms with Gasteiger partial charge in [0, 0.05) is 26.2 Å². The van der Waals surface area contributed by atoms with E-state index in [1.54, 1.807) is 0 Å². The Labute approximate surface area is 251 Å². The number of carbonyl (C=O) groups excluding carboxylic acids is 2. The third-order valence-corrected chi connectivity index (χ3v) is 15.6. The third kappa shape index (κ3) is 3.93. The van der Waals surface area contributed by atoms with E-state index in [2.05, 4.69) is 67.3 Å². The van der Waals surface area contributed by atoms with E-state index >= 15 is 0 Å². The van der Waals surface area contributed by atoms with Crippen LogP contribution >= 0.6 is 0 Å². The summed E-state index contributed by atoms with van der Waals surface area (Å²) in [5.74, 6) is 3.00. The van der Waals surface area contributed by atoms with Crippen LogP contribution in [0.2, 0.25) is 0 Å². The van der Waals surface area contributed by atoms with Crippen molar-refractivity contribution in [1.82, 2.24) is 9.80 Å². The molecule has 1 aliphatic heterocycles. The van der Waals surface area contributed by atoms with Gasteiger partial charge in [0.05, 0.1) is 5.41 Å². The van der Waals surface area contributed by atoms with Crippen LogP contribution in [0.3, 0.4) is 0 Å². The Morgan fingerprint density at radius 1 is 0.780 bits per heavy atom. The molecule has 230 valence electrons. The average molecular weight is 565 g/mol. The summed E-state index contributed by atoms with van der Waals surface area (Å²) in [7, 11) is 2.11. The molecule has 6 aliphatic rings. The molecule has 1 heterocycles. The maximum absolute atomic E-state index is 14.5. The number of carbonyl (C=O) groups is 2. The van der Waals surface area contributed by atoms with Crippen LogP contribution in [0, 0.1) is 56.7 Å². The normalized spacial score (nSPS) is 46.0. The van der Waals surface area contributed by atoms with Gasteiger partial charge >= 0.3 is 0 Å². The Kier molecular flexibility index (Phi) is 7.05. The maximum Gasteiger partial charge on any atom is 0.290 e. The van der Waals surface area contributed by atoms with Gasteiger partial charge in [-0.2, -0.15) is 0 Å². The second-order valence-corrected chi connectivity index (χ2v) is 17.5. The second-order valence-electron chi connectivity index (χ2n) is 17.5. The number of allylic oxidation sites excluding steroid dienone is 2. The van der Waals surface area contributed by atoms with Crippen molar-refractivity contribution >= 4 is 11.7 Å². The quantitative estimate of drug-likeness (QED) is 0.260. The van der Waals surface area contributed by atoms with Crippen molar-refractivity contribution in [3.05, 3.63) is 11.1 Å². The minimum Gasteiger partial charge on any atom is -0.334 e. The highest BCUT2D eigenvalue weighted by molar-refractivity contribution is 6.39. The molecule has 4 nitrogen and oxygen atoms in total. The summed E-state index contributed by atoms with van der Waals surface area (Å²) >= 11 is 0. The van der Waals surface area contributed by atoms with Gasteiger partial charge < -0.3 is 9.80 Å². The molecule has 0 aromatic heterocycles. The molecule has 1 amide bonds. The van der Waals surface area contributed by atoms with Gasteiger partial charge in [-0.05, 0) is 123 Å². The summed E-state index contributed by atoms with van der Waals surface area (Å²) in [6.45, 7) is 23.4. The highest BCUT2D eigenvalue weighted by Crippen LogP contribution is 2.77. The Bertz CT molecular complexity index is 1130. The van der Waals surface area contributed by atoms with Crippen LogP contribution in [0.25, 0.3) is 0 Å². The molecule has 0 bridgehead atoms. The molecule has 6 rings (SSSR count). The highest BCUT2D eigenvalue weighted by atomic mass is 16.2. The molecule has 0 N–H and O–H groups in total. The van der Waals surface area contributed by atoms with Gasteiger partial charge in [-0.25, -0.2) is 0 Å². The molecule has 0 radical (unpaired) electrons. The van der Waals surface area contributed by atoms with Crippen LogP contribution in [0.15, 0.2) is 11.1 Å². The molecule has 41 heavy (non-hydrogen) atoms. The summed E-state index contributed by atoms with van der Waals surface area (Å²) in [5, 5.41) is 0. The van der Waals surface area contributed by atoms with Crippen LogP contribution in [0.5, 0.6) is 0 Å². The minimum atomic E-state index is -0.545. The molecule has 8 atom stereocenters. The molecule has 5 aliphatic carbocycles. The predicted molar refractivity (Wildman–Crippen MR) is 167 cm³/mol. The fourth-order valence-electron chi connectivity index (χ4n) is 12.6. The molecule has 4 saturated carbocycles. The number of nitrogens with zero attached hydrogens (tertiary/aromatic N) is 2. The zero-order valence-corrected chi connectivity index (χ0v) is 28.0. The first-order valence-corrected chi connectivity index (χ1v) is 17.4. The topological polar surface area (TPSA) is 40.6 Å². The number of likely N-dealkylation sites (N-methyl/N-ethyl adjacent to an activating group) is 1. The van der Waals surface area contributed by atoms with Gasteiger partial charge in [0.25, 0.3) is 5.91 Å². The van der Waals surface area contributed by atoms with E-state index in [0.717, 1.165) is 56.5 Å². The summed E-state index contributed by atoms with van der Waals surface area (Å²) in [5.41, 5.74) is 3.75. The van der Waals surface area contributed by atoms with Gasteiger partial charge in [0.2, 0.25) is 5.78 Å². The minimum absolute atomic E-state index is 0.0549. The monoisotopic (exact) mass is 564 g/mol. The molecular weight excluding hydrogens is 504 g/mol. The first kappa shape index (κ1) is 29.9. The van der Waals surface area contributed by atoms with Crippen molar-refractivity contribution in [2.75, 3.05) is 33.2 Å². The lowest BCUT2D eigenvalue weighted by Gasteiger charge is -2.72. The number of hydrogen-bond acceptors (Lipinski definition) is 3. The molecule has 1 saturated heterocycles. The van der Waals surface area contributed by atoms with Crippen LogP contribution in [-0.2, 0) is 9.59 Å². The van der Waals surface area contributed by atoms with E-state index in [1.165, 1.54) is 49.7 Å². The molecule has 0 spiro atoms. The fraction of sp³-hybridized carbons (Fsp3) is 0.892. The van der Waals surface area contributed by atoms with E-state index in [0.29, 0.717) is 35.8 Å². The molecule has 0 aromatic carbocycles. The number of ketones is 1. The van der Waals surface area contributed by atoms with Crippen molar-refractivity contribution in [3.63, 3.8) is 0 Å². The first-order valence-electron chi connectivity index (χ1n) is 17.4. The van der Waals surface area contributed by atoms with Gasteiger partial charge in [0.15, 0.2) is 0 Å². The molecule has 0 unspecified atom stereocenters. The Hall–Kier alpha value is -1.16. The smallest absolute Gasteiger partial charge is 0.290 e. The van der Waals surface area contributed by atoms with E-state index in [1.807, 2.05) is 4.90 Å². The SMILES string of the molecule is CC(C)C1=C2[C@H]3CC[C@@H]4[C@@]5(C)CC[C@H](C)C(C)(C)[C@@H]5CC[C@@]4(C)[C@]3(C)CC[C@@]2(C(=O)C(=O)N2CCN(C)CC2)CC1. The van der Waals surface area contributed by atoms with Crippen LogP contribution in [0.4, 0.5) is 0 Å². The van der Waals surface area contributed by atoms with E-state index < -0.39 is 5.41 Å². The largest absolute Gasteiger partial charge is 0.334 e. The number of rotatable bonds is 3. The van der Waals surface area contributed by atoms with Gasteiger partial charge in [-0.15, -0.1) is 0 Å². The Morgan fingerprint density at radius 3 is 2.12 bits per heavy atom. The van der Waals surface area contributed by atoms with Crippen LogP contribution < -0.4 is 0 Å². The lowest BCUT2D eigenvalue weighted by atomic mass is 9.32. The number of piperazine rings is 1. The molecule has 4 heteroatoms. The Morgan fingerprint density at radius 2 is 1.46 bits per heavy atom. The summed E-state index contributed by atoms with van der Waals surface area (Å²) in [4.78, 5) is 32.5. The van der Waals surface area contributed by atoms with Crippen molar-refractivity contribution in [3.8, 4) is 0 Å². The van der Waals surface area contributed by atoms with Gasteiger partial charge in [-0.3, -0.25) is 9.59 Å². The van der Waals surface area contributed by atoms with E-state index in [4.69, 9.17) is 0 Å². The maximum atomic E-state index is 14.5. The third-order valence-electron chi connectivity index (χ3n) is 15.6. The fourth-order valence-corrected chi connectivity index (χ4v) is 12.6. The highest BCUT2D eigenvalue weighted by Gasteiger charge is 2.70.